The van der Waals surface area contributed by atoms with Crippen molar-refractivity contribution in [3.8, 4) is 5.75 Å². The van der Waals surface area contributed by atoms with Crippen LogP contribution in [0.5, 0.6) is 5.75 Å². The van der Waals surface area contributed by atoms with Crippen molar-refractivity contribution in [3.05, 3.63) is 34.4 Å². The quantitative estimate of drug-likeness (QED) is 0.609. The van der Waals surface area contributed by atoms with Crippen LogP contribution in [0.3, 0.4) is 0 Å². The molecular weight excluding hydrogens is 278 g/mol. The highest BCUT2D eigenvalue weighted by Crippen LogP contribution is 2.26. The van der Waals surface area contributed by atoms with E-state index in [2.05, 4.69) is 4.74 Å². The van der Waals surface area contributed by atoms with E-state index in [-0.39, 0.29) is 17.9 Å². The third-order valence-corrected chi connectivity index (χ3v) is 2.39. The first kappa shape index (κ1) is 15.4. The Hall–Kier alpha value is -1.62. The molecule has 0 N–H and O–H groups in total. The molecule has 0 fully saturated rings. The molecule has 0 heterocycles. The van der Waals surface area contributed by atoms with E-state index < -0.39 is 12.6 Å². The fraction of sp³-hybridized carbons (Fsp3) is 0.308. The van der Waals surface area contributed by atoms with Crippen molar-refractivity contribution >= 4 is 23.6 Å². The van der Waals surface area contributed by atoms with E-state index in [1.165, 1.54) is 31.2 Å². The van der Waals surface area contributed by atoms with Gasteiger partial charge in [-0.15, -0.1) is 0 Å². The van der Waals surface area contributed by atoms with E-state index in [0.29, 0.717) is 10.6 Å². The van der Waals surface area contributed by atoms with E-state index in [9.17, 15) is 13.6 Å². The highest BCUT2D eigenvalue weighted by Gasteiger charge is 2.11. The Kier molecular flexibility index (Phi) is 5.76. The van der Waals surface area contributed by atoms with Gasteiger partial charge in [0, 0.05) is 16.2 Å². The van der Waals surface area contributed by atoms with Crippen LogP contribution < -0.4 is 4.74 Å². The van der Waals surface area contributed by atoms with Crippen LogP contribution in [0, 0.1) is 0 Å². The molecule has 0 aliphatic heterocycles. The van der Waals surface area contributed by atoms with Gasteiger partial charge in [0.25, 0.3) is 0 Å². The van der Waals surface area contributed by atoms with Crippen molar-refractivity contribution in [3.63, 3.8) is 0 Å². The first-order valence-electron chi connectivity index (χ1n) is 5.53. The Labute approximate surface area is 114 Å². The molecule has 0 aliphatic rings. The third-order valence-electron chi connectivity index (χ3n) is 2.16. The third kappa shape index (κ3) is 4.87. The second kappa shape index (κ2) is 7.09. The van der Waals surface area contributed by atoms with Crippen LogP contribution in [0.2, 0.25) is 5.02 Å². The number of alkyl halides is 2. The molecule has 0 unspecified atom stereocenters. The molecule has 0 amide bonds. The Morgan fingerprint density at radius 2 is 2.16 bits per heavy atom. The van der Waals surface area contributed by atoms with E-state index >= 15 is 0 Å². The summed E-state index contributed by atoms with van der Waals surface area (Å²) in [6, 6.07) is 4.18. The average Bonchev–Trinajstić information content (AvgIpc) is 2.32. The maximum atomic E-state index is 12.3. The smallest absolute Gasteiger partial charge is 0.387 e. The molecule has 0 radical (unpaired) electrons. The highest BCUT2D eigenvalue weighted by molar-refractivity contribution is 6.30. The molecule has 0 spiro atoms. The molecule has 0 saturated heterocycles. The van der Waals surface area contributed by atoms with Crippen molar-refractivity contribution < 1.29 is 23.0 Å². The van der Waals surface area contributed by atoms with Crippen molar-refractivity contribution in [2.75, 3.05) is 6.61 Å². The molecule has 1 rings (SSSR count). The van der Waals surface area contributed by atoms with Gasteiger partial charge in [0.05, 0.1) is 6.61 Å². The van der Waals surface area contributed by atoms with Gasteiger partial charge in [-0.1, -0.05) is 11.6 Å². The fourth-order valence-corrected chi connectivity index (χ4v) is 1.55. The zero-order valence-electron chi connectivity index (χ0n) is 10.5. The van der Waals surface area contributed by atoms with Gasteiger partial charge >= 0.3 is 12.6 Å². The lowest BCUT2D eigenvalue weighted by Crippen LogP contribution is -2.06. The molecule has 104 valence electrons. The van der Waals surface area contributed by atoms with Gasteiger partial charge in [-0.2, -0.15) is 8.78 Å². The van der Waals surface area contributed by atoms with Gasteiger partial charge in [-0.25, -0.2) is 4.79 Å². The van der Waals surface area contributed by atoms with E-state index in [4.69, 9.17) is 16.3 Å². The summed E-state index contributed by atoms with van der Waals surface area (Å²) in [4.78, 5) is 11.5. The van der Waals surface area contributed by atoms with Crippen LogP contribution in [-0.2, 0) is 9.53 Å². The number of hydrogen-bond donors (Lipinski definition) is 0. The molecule has 3 nitrogen and oxygen atoms in total. The molecule has 0 bridgehead atoms. The first-order chi connectivity index (χ1) is 8.93. The topological polar surface area (TPSA) is 35.5 Å². The maximum Gasteiger partial charge on any atom is 0.387 e. The predicted octanol–water partition coefficient (Wildman–Crippen LogP) is 3.91. The van der Waals surface area contributed by atoms with Gasteiger partial charge in [-0.05, 0) is 38.1 Å². The monoisotopic (exact) mass is 290 g/mol. The first-order valence-corrected chi connectivity index (χ1v) is 5.91. The van der Waals surface area contributed by atoms with Crippen molar-refractivity contribution in [2.24, 2.45) is 0 Å². The number of esters is 1. The fourth-order valence-electron chi connectivity index (χ4n) is 1.37. The SMILES string of the molecule is CCOC(=O)/C(C)=C/c1cc(Cl)ccc1OC(F)F. The minimum atomic E-state index is -2.95. The summed E-state index contributed by atoms with van der Waals surface area (Å²) in [5.41, 5.74) is 0.557. The zero-order valence-corrected chi connectivity index (χ0v) is 11.2. The lowest BCUT2D eigenvalue weighted by atomic mass is 10.1. The zero-order chi connectivity index (χ0) is 14.4. The molecule has 0 aliphatic carbocycles. The van der Waals surface area contributed by atoms with Gasteiger partial charge in [0.1, 0.15) is 5.75 Å². The van der Waals surface area contributed by atoms with E-state index in [0.717, 1.165) is 0 Å². The number of ether oxygens (including phenoxy) is 2. The average molecular weight is 291 g/mol. The summed E-state index contributed by atoms with van der Waals surface area (Å²) >= 11 is 5.79. The summed E-state index contributed by atoms with van der Waals surface area (Å²) in [5.74, 6) is -0.575. The lowest BCUT2D eigenvalue weighted by Gasteiger charge is -2.09. The van der Waals surface area contributed by atoms with Crippen LogP contribution in [-0.4, -0.2) is 19.2 Å². The van der Waals surface area contributed by atoms with Crippen molar-refractivity contribution in [1.82, 2.24) is 0 Å². The van der Waals surface area contributed by atoms with Crippen LogP contribution in [0.4, 0.5) is 8.78 Å². The van der Waals surface area contributed by atoms with E-state index in [1.807, 2.05) is 0 Å². The Balaban J connectivity index is 3.07. The molecule has 0 aromatic heterocycles. The number of benzene rings is 1. The molecule has 1 aromatic carbocycles. The highest BCUT2D eigenvalue weighted by atomic mass is 35.5. The standard InChI is InChI=1S/C13H13ClF2O3/c1-3-18-12(17)8(2)6-9-7-10(14)4-5-11(9)19-13(15)16/h4-7,13H,3H2,1-2H3/b8-6+. The summed E-state index contributed by atoms with van der Waals surface area (Å²) in [7, 11) is 0. The van der Waals surface area contributed by atoms with Gasteiger partial charge < -0.3 is 9.47 Å². The predicted molar refractivity (Wildman–Crippen MR) is 68.4 cm³/mol. The van der Waals surface area contributed by atoms with Crippen LogP contribution in [0.15, 0.2) is 23.8 Å². The lowest BCUT2D eigenvalue weighted by molar-refractivity contribution is -0.138. The molecule has 6 heteroatoms. The molecule has 1 aromatic rings. The molecule has 19 heavy (non-hydrogen) atoms. The largest absolute Gasteiger partial charge is 0.463 e. The second-order valence-corrected chi connectivity index (χ2v) is 4.04. The van der Waals surface area contributed by atoms with Gasteiger partial charge in [0.15, 0.2) is 0 Å². The van der Waals surface area contributed by atoms with Crippen LogP contribution in [0.1, 0.15) is 19.4 Å². The van der Waals surface area contributed by atoms with Crippen molar-refractivity contribution in [2.45, 2.75) is 20.5 Å². The summed E-state index contributed by atoms with van der Waals surface area (Å²) in [6.45, 7) is 0.484. The molecular formula is C13H13ClF2O3. The summed E-state index contributed by atoms with van der Waals surface area (Å²) in [6.07, 6.45) is 1.39. The minimum Gasteiger partial charge on any atom is -0.463 e. The number of halogens is 3. The van der Waals surface area contributed by atoms with Crippen LogP contribution >= 0.6 is 11.6 Å². The normalized spacial score (nSPS) is 11.6. The minimum absolute atomic E-state index is 0.0527. The van der Waals surface area contributed by atoms with Gasteiger partial charge in [-0.3, -0.25) is 0 Å². The number of carbonyl (C=O) groups is 1. The number of rotatable bonds is 5. The Bertz CT molecular complexity index is 487. The summed E-state index contributed by atoms with van der Waals surface area (Å²) in [5, 5.41) is 0.351. The second-order valence-electron chi connectivity index (χ2n) is 3.61. The molecule has 0 saturated carbocycles. The maximum absolute atomic E-state index is 12.3. The number of carbonyl (C=O) groups excluding carboxylic acids is 1. The van der Waals surface area contributed by atoms with E-state index in [1.54, 1.807) is 6.92 Å². The Morgan fingerprint density at radius 1 is 1.47 bits per heavy atom. The van der Waals surface area contributed by atoms with Crippen LogP contribution in [0.25, 0.3) is 6.08 Å². The summed E-state index contributed by atoms with van der Waals surface area (Å²) < 4.78 is 33.7. The van der Waals surface area contributed by atoms with Gasteiger partial charge in [0.2, 0.25) is 0 Å². The molecule has 0 atom stereocenters. The Morgan fingerprint density at radius 3 is 2.74 bits per heavy atom. The number of hydrogen-bond acceptors (Lipinski definition) is 3. The van der Waals surface area contributed by atoms with Crippen molar-refractivity contribution in [1.29, 1.82) is 0 Å².